The molecule has 0 atom stereocenters. The molecule has 5 heteroatoms. The van der Waals surface area contributed by atoms with Crippen LogP contribution >= 0.6 is 18.2 Å². The number of rotatable bonds is 2. The topological polar surface area (TPSA) is 35.5 Å². The quantitative estimate of drug-likeness (QED) is 0.677. The van der Waals surface area contributed by atoms with Crippen LogP contribution in [0.2, 0.25) is 0 Å². The van der Waals surface area contributed by atoms with Crippen LogP contribution in [0.4, 0.5) is 0 Å². The molecule has 1 rings (SSSR count). The summed E-state index contributed by atoms with van der Waals surface area (Å²) in [6.45, 7) is 3.94. The van der Waals surface area contributed by atoms with Gasteiger partial charge in [-0.2, -0.15) is 0 Å². The van der Waals surface area contributed by atoms with E-state index in [2.05, 4.69) is 20.8 Å². The summed E-state index contributed by atoms with van der Waals surface area (Å²) in [7, 11) is 0. The van der Waals surface area contributed by atoms with Crippen molar-refractivity contribution in [1.29, 1.82) is 0 Å². The van der Waals surface area contributed by atoms with E-state index in [1.54, 1.807) is 0 Å². The van der Waals surface area contributed by atoms with Gasteiger partial charge in [-0.15, -0.1) is 0 Å². The molecule has 0 N–H and O–H groups in total. The second-order valence-corrected chi connectivity index (χ2v) is 7.01. The first-order valence-electron chi connectivity index (χ1n) is 4.42. The predicted octanol–water partition coefficient (Wildman–Crippen LogP) is 3.43. The van der Waals surface area contributed by atoms with Crippen molar-refractivity contribution >= 4 is 18.2 Å². The van der Waals surface area contributed by atoms with E-state index in [0.29, 0.717) is 19.1 Å². The highest BCUT2D eigenvalue weighted by Crippen LogP contribution is 2.58. The molecule has 0 spiro atoms. The molecule has 0 radical (unpaired) electrons. The van der Waals surface area contributed by atoms with Gasteiger partial charge in [-0.25, -0.2) is 4.57 Å². The van der Waals surface area contributed by atoms with Crippen molar-refractivity contribution in [2.24, 2.45) is 11.3 Å². The van der Waals surface area contributed by atoms with Gasteiger partial charge in [-0.1, -0.05) is 20.8 Å². The molecule has 0 unspecified atom stereocenters. The molecule has 0 aromatic rings. The zero-order valence-corrected chi connectivity index (χ0v) is 9.90. The lowest BCUT2D eigenvalue weighted by atomic mass is 9.84. The summed E-state index contributed by atoms with van der Waals surface area (Å²) in [5, 5.41) is 0. The summed E-state index contributed by atoms with van der Waals surface area (Å²) in [5.74, 6) is 0.574. The third-order valence-corrected chi connectivity index (χ3v) is 3.50. The average Bonchev–Trinajstić information content (AvgIpc) is 1.95. The summed E-state index contributed by atoms with van der Waals surface area (Å²) in [4.78, 5) is 0. The third kappa shape index (κ3) is 3.59. The van der Waals surface area contributed by atoms with Crippen molar-refractivity contribution in [2.75, 3.05) is 13.2 Å². The Morgan fingerprint density at radius 3 is 2.31 bits per heavy atom. The molecular formula is C8H16ClO3P. The van der Waals surface area contributed by atoms with E-state index in [4.69, 9.17) is 20.3 Å². The van der Waals surface area contributed by atoms with Gasteiger partial charge in [0.2, 0.25) is 0 Å². The molecule has 1 saturated heterocycles. The maximum atomic E-state index is 11.1. The Morgan fingerprint density at radius 1 is 1.46 bits per heavy atom. The molecule has 1 aliphatic heterocycles. The van der Waals surface area contributed by atoms with Crippen molar-refractivity contribution < 1.29 is 13.6 Å². The van der Waals surface area contributed by atoms with Crippen molar-refractivity contribution in [3.05, 3.63) is 0 Å². The van der Waals surface area contributed by atoms with E-state index in [9.17, 15) is 4.57 Å². The summed E-state index contributed by atoms with van der Waals surface area (Å²) < 4.78 is 21.1. The standard InChI is InChI=1S/C8H16ClO3P/c1-7(2)4-8(3)5-11-13(9,10)12-6-8/h7H,4-6H2,1-3H3. The molecule has 13 heavy (non-hydrogen) atoms. The molecule has 1 fully saturated rings. The fourth-order valence-electron chi connectivity index (χ4n) is 1.65. The van der Waals surface area contributed by atoms with Crippen molar-refractivity contribution in [2.45, 2.75) is 27.2 Å². The van der Waals surface area contributed by atoms with Gasteiger partial charge in [0.25, 0.3) is 0 Å². The van der Waals surface area contributed by atoms with Crippen LogP contribution in [0, 0.1) is 11.3 Å². The molecule has 3 nitrogen and oxygen atoms in total. The zero-order valence-electron chi connectivity index (χ0n) is 8.25. The molecule has 0 aromatic heterocycles. The van der Waals surface area contributed by atoms with E-state index < -0.39 is 6.95 Å². The lowest BCUT2D eigenvalue weighted by Gasteiger charge is -2.35. The minimum absolute atomic E-state index is 0.0447. The van der Waals surface area contributed by atoms with Gasteiger partial charge in [0, 0.05) is 16.7 Å². The first kappa shape index (κ1) is 11.5. The fourth-order valence-corrected chi connectivity index (χ4v) is 2.95. The molecule has 0 aromatic carbocycles. The molecule has 0 saturated carbocycles. The Kier molecular flexibility index (Phi) is 3.45. The predicted molar refractivity (Wildman–Crippen MR) is 52.9 cm³/mol. The largest absolute Gasteiger partial charge is 0.424 e. The molecule has 0 amide bonds. The minimum atomic E-state index is -3.24. The van der Waals surface area contributed by atoms with Crippen LogP contribution < -0.4 is 0 Å². The molecule has 0 aliphatic carbocycles. The van der Waals surface area contributed by atoms with Crippen molar-refractivity contribution in [1.82, 2.24) is 0 Å². The number of halogens is 1. The van der Waals surface area contributed by atoms with Crippen LogP contribution in [-0.4, -0.2) is 13.2 Å². The Labute approximate surface area is 84.1 Å². The van der Waals surface area contributed by atoms with Crippen LogP contribution in [0.3, 0.4) is 0 Å². The molecule has 0 bridgehead atoms. The van der Waals surface area contributed by atoms with Gasteiger partial charge in [0.15, 0.2) is 0 Å². The smallest absolute Gasteiger partial charge is 0.296 e. The Morgan fingerprint density at radius 2 is 1.92 bits per heavy atom. The maximum Gasteiger partial charge on any atom is 0.424 e. The average molecular weight is 227 g/mol. The molecular weight excluding hydrogens is 211 g/mol. The molecule has 78 valence electrons. The van der Waals surface area contributed by atoms with Gasteiger partial charge in [0.1, 0.15) is 0 Å². The van der Waals surface area contributed by atoms with Crippen LogP contribution in [0.15, 0.2) is 0 Å². The van der Waals surface area contributed by atoms with Gasteiger partial charge in [-0.3, -0.25) is 9.05 Å². The number of hydrogen-bond acceptors (Lipinski definition) is 3. The normalized spacial score (nSPS) is 41.0. The first-order valence-corrected chi connectivity index (χ1v) is 6.87. The van der Waals surface area contributed by atoms with E-state index in [-0.39, 0.29) is 5.41 Å². The van der Waals surface area contributed by atoms with Gasteiger partial charge < -0.3 is 0 Å². The molecule has 1 heterocycles. The fraction of sp³-hybridized carbons (Fsp3) is 1.00. The zero-order chi connectivity index (χ0) is 10.1. The van der Waals surface area contributed by atoms with Gasteiger partial charge >= 0.3 is 6.95 Å². The number of hydrogen-bond donors (Lipinski definition) is 0. The summed E-state index contributed by atoms with van der Waals surface area (Å²) >= 11 is 5.45. The lowest BCUT2D eigenvalue weighted by Crippen LogP contribution is -2.33. The van der Waals surface area contributed by atoms with Gasteiger partial charge in [0.05, 0.1) is 13.2 Å². The van der Waals surface area contributed by atoms with Crippen LogP contribution in [0.25, 0.3) is 0 Å². The van der Waals surface area contributed by atoms with E-state index >= 15 is 0 Å². The Bertz CT molecular complexity index is 217. The highest BCUT2D eigenvalue weighted by molar-refractivity contribution is 7.81. The maximum absolute atomic E-state index is 11.1. The van der Waals surface area contributed by atoms with Crippen molar-refractivity contribution in [3.63, 3.8) is 0 Å². The second kappa shape index (κ2) is 3.90. The second-order valence-electron chi connectivity index (χ2n) is 4.39. The van der Waals surface area contributed by atoms with Crippen LogP contribution in [-0.2, 0) is 13.6 Å². The van der Waals surface area contributed by atoms with Crippen LogP contribution in [0.1, 0.15) is 27.2 Å². The SMILES string of the molecule is CC(C)CC1(C)COP(=O)(Cl)OC1. The minimum Gasteiger partial charge on any atom is -0.296 e. The molecule has 1 aliphatic rings. The highest BCUT2D eigenvalue weighted by Gasteiger charge is 2.38. The highest BCUT2D eigenvalue weighted by atomic mass is 35.7. The monoisotopic (exact) mass is 226 g/mol. The van der Waals surface area contributed by atoms with Crippen LogP contribution in [0.5, 0.6) is 0 Å². The summed E-state index contributed by atoms with van der Waals surface area (Å²) in [6.07, 6.45) is 0.990. The van der Waals surface area contributed by atoms with E-state index in [1.165, 1.54) is 0 Å². The lowest BCUT2D eigenvalue weighted by molar-refractivity contribution is 0.0225. The summed E-state index contributed by atoms with van der Waals surface area (Å²) in [6, 6.07) is 0. The van der Waals surface area contributed by atoms with Crippen molar-refractivity contribution in [3.8, 4) is 0 Å². The Balaban J connectivity index is 2.51. The Hall–Kier alpha value is 0.440. The summed E-state index contributed by atoms with van der Waals surface area (Å²) in [5.41, 5.74) is -0.0447. The van der Waals surface area contributed by atoms with E-state index in [0.717, 1.165) is 6.42 Å². The van der Waals surface area contributed by atoms with E-state index in [1.807, 2.05) is 0 Å². The van der Waals surface area contributed by atoms with Gasteiger partial charge in [-0.05, 0) is 12.3 Å². The first-order chi connectivity index (χ1) is 5.83. The third-order valence-electron chi connectivity index (χ3n) is 2.04.